The van der Waals surface area contributed by atoms with Crippen molar-refractivity contribution in [3.05, 3.63) is 69.6 Å². The number of nitrogens with zero attached hydrogens (tertiary/aromatic N) is 1. The fourth-order valence-corrected chi connectivity index (χ4v) is 5.71. The number of carbonyl (C=O) groups is 2. The van der Waals surface area contributed by atoms with Crippen molar-refractivity contribution in [2.45, 2.75) is 19.1 Å². The first-order valence-corrected chi connectivity index (χ1v) is 11.5. The lowest BCUT2D eigenvalue weighted by molar-refractivity contribution is 0.0733. The van der Waals surface area contributed by atoms with Gasteiger partial charge in [0, 0.05) is 18.0 Å². The van der Waals surface area contributed by atoms with Crippen LogP contribution < -0.4 is 24.8 Å². The molecule has 4 heterocycles. The summed E-state index contributed by atoms with van der Waals surface area (Å²) < 4.78 is 16.2. The first-order valence-electron chi connectivity index (χ1n) is 10.7. The minimum atomic E-state index is -0.497. The maximum absolute atomic E-state index is 13.0. The van der Waals surface area contributed by atoms with Crippen molar-refractivity contribution in [3.63, 3.8) is 0 Å². The Hall–Kier alpha value is -3.56. The fraction of sp³-hybridized carbons (Fsp3) is 0.250. The Labute approximate surface area is 194 Å². The summed E-state index contributed by atoms with van der Waals surface area (Å²) in [5.41, 5.74) is 3.09. The van der Waals surface area contributed by atoms with E-state index in [2.05, 4.69) is 22.6 Å². The molecule has 0 saturated carbocycles. The lowest BCUT2D eigenvalue weighted by atomic mass is 10.0. The van der Waals surface area contributed by atoms with Crippen LogP contribution in [0.5, 0.6) is 17.2 Å². The van der Waals surface area contributed by atoms with Crippen molar-refractivity contribution in [1.82, 2.24) is 10.2 Å². The number of thiophene rings is 1. The number of rotatable bonds is 3. The summed E-state index contributed by atoms with van der Waals surface area (Å²) in [7, 11) is 2.09. The minimum Gasteiger partial charge on any atom is -0.454 e. The Balaban J connectivity index is 1.22. The molecule has 0 saturated heterocycles. The van der Waals surface area contributed by atoms with Gasteiger partial charge in [-0.1, -0.05) is 12.1 Å². The van der Waals surface area contributed by atoms with Gasteiger partial charge >= 0.3 is 5.97 Å². The SMILES string of the molecule is CN1CCc2c(sc3c2C(=O)NC(c2cccc(OC(=O)c4ccc5c(c4)OCO5)c2)N3)C1. The molecule has 33 heavy (non-hydrogen) atoms. The highest BCUT2D eigenvalue weighted by Crippen LogP contribution is 2.41. The Morgan fingerprint density at radius 3 is 2.94 bits per heavy atom. The van der Waals surface area contributed by atoms with E-state index in [0.29, 0.717) is 22.8 Å². The molecule has 0 radical (unpaired) electrons. The monoisotopic (exact) mass is 463 g/mol. The molecule has 0 aliphatic carbocycles. The molecule has 2 N–H and O–H groups in total. The third kappa shape index (κ3) is 3.59. The van der Waals surface area contributed by atoms with Gasteiger partial charge in [-0.05, 0) is 54.9 Å². The second-order valence-corrected chi connectivity index (χ2v) is 9.38. The predicted octanol–water partition coefficient (Wildman–Crippen LogP) is 3.54. The van der Waals surface area contributed by atoms with Crippen LogP contribution >= 0.6 is 11.3 Å². The van der Waals surface area contributed by atoms with E-state index in [-0.39, 0.29) is 12.7 Å². The highest BCUT2D eigenvalue weighted by molar-refractivity contribution is 7.16. The number of anilines is 1. The molecule has 168 valence electrons. The van der Waals surface area contributed by atoms with E-state index in [4.69, 9.17) is 14.2 Å². The van der Waals surface area contributed by atoms with Gasteiger partial charge in [-0.15, -0.1) is 11.3 Å². The van der Waals surface area contributed by atoms with E-state index in [1.807, 2.05) is 6.07 Å². The number of likely N-dealkylation sites (N-methyl/N-ethyl adjacent to an activating group) is 1. The van der Waals surface area contributed by atoms with Crippen molar-refractivity contribution in [3.8, 4) is 17.2 Å². The van der Waals surface area contributed by atoms with Gasteiger partial charge in [0.15, 0.2) is 11.5 Å². The fourth-order valence-electron chi connectivity index (χ4n) is 4.36. The van der Waals surface area contributed by atoms with Crippen LogP contribution in [-0.4, -0.2) is 37.2 Å². The van der Waals surface area contributed by atoms with E-state index >= 15 is 0 Å². The standard InChI is InChI=1S/C24H21N3O5S/c1-27-8-7-16-19(11-27)33-23-20(16)22(28)25-21(26-23)13-3-2-4-15(9-13)32-24(29)14-5-6-17-18(10-14)31-12-30-17/h2-6,9-10,21,26H,7-8,11-12H2,1H3,(H,25,28). The summed E-state index contributed by atoms with van der Waals surface area (Å²) in [4.78, 5) is 29.1. The summed E-state index contributed by atoms with van der Waals surface area (Å²) >= 11 is 1.64. The summed E-state index contributed by atoms with van der Waals surface area (Å²) in [6.07, 6.45) is 0.468. The molecular weight excluding hydrogens is 442 g/mol. The van der Waals surface area contributed by atoms with Crippen molar-refractivity contribution in [1.29, 1.82) is 0 Å². The highest BCUT2D eigenvalue weighted by atomic mass is 32.1. The van der Waals surface area contributed by atoms with Crippen molar-refractivity contribution in [2.75, 3.05) is 25.7 Å². The minimum absolute atomic E-state index is 0.0708. The smallest absolute Gasteiger partial charge is 0.343 e. The maximum atomic E-state index is 13.0. The molecule has 1 unspecified atom stereocenters. The van der Waals surface area contributed by atoms with Gasteiger partial charge in [-0.2, -0.15) is 0 Å². The molecule has 0 fully saturated rings. The first kappa shape index (κ1) is 20.1. The van der Waals surface area contributed by atoms with Gasteiger partial charge in [0.2, 0.25) is 6.79 Å². The van der Waals surface area contributed by atoms with E-state index in [0.717, 1.165) is 41.2 Å². The van der Waals surface area contributed by atoms with Crippen LogP contribution in [0.2, 0.25) is 0 Å². The summed E-state index contributed by atoms with van der Waals surface area (Å²) in [6.45, 7) is 1.95. The molecule has 3 aliphatic heterocycles. The van der Waals surface area contributed by atoms with E-state index < -0.39 is 12.1 Å². The molecule has 3 aromatic rings. The van der Waals surface area contributed by atoms with Crippen LogP contribution in [0.4, 0.5) is 5.00 Å². The topological polar surface area (TPSA) is 89.1 Å². The zero-order chi connectivity index (χ0) is 22.5. The molecule has 0 spiro atoms. The summed E-state index contributed by atoms with van der Waals surface area (Å²) in [5, 5.41) is 7.40. The molecule has 1 atom stereocenters. The second-order valence-electron chi connectivity index (χ2n) is 8.28. The van der Waals surface area contributed by atoms with Gasteiger partial charge in [-0.25, -0.2) is 4.79 Å². The van der Waals surface area contributed by atoms with Gasteiger partial charge in [0.1, 0.15) is 16.9 Å². The molecule has 8 nitrogen and oxygen atoms in total. The maximum Gasteiger partial charge on any atom is 0.343 e. The number of hydrogen-bond acceptors (Lipinski definition) is 8. The molecular formula is C24H21N3O5S. The van der Waals surface area contributed by atoms with Crippen LogP contribution in [0.25, 0.3) is 0 Å². The second kappa shape index (κ2) is 7.79. The highest BCUT2D eigenvalue weighted by Gasteiger charge is 2.33. The Kier molecular flexibility index (Phi) is 4.74. The molecule has 3 aliphatic rings. The zero-order valence-corrected chi connectivity index (χ0v) is 18.7. The number of hydrogen-bond donors (Lipinski definition) is 2. The average Bonchev–Trinajstić information content (AvgIpc) is 3.42. The van der Waals surface area contributed by atoms with Gasteiger partial charge in [-0.3, -0.25) is 4.79 Å². The number of benzene rings is 2. The molecule has 1 amide bonds. The third-order valence-electron chi connectivity index (χ3n) is 6.04. The van der Waals surface area contributed by atoms with E-state index in [1.54, 1.807) is 47.7 Å². The number of carbonyl (C=O) groups excluding carboxylic acids is 2. The van der Waals surface area contributed by atoms with Gasteiger partial charge in [0.05, 0.1) is 11.1 Å². The van der Waals surface area contributed by atoms with Crippen LogP contribution in [-0.2, 0) is 13.0 Å². The first-order chi connectivity index (χ1) is 16.0. The third-order valence-corrected chi connectivity index (χ3v) is 7.18. The molecule has 9 heteroatoms. The van der Waals surface area contributed by atoms with Crippen LogP contribution in [0.1, 0.15) is 42.9 Å². The quantitative estimate of drug-likeness (QED) is 0.454. The van der Waals surface area contributed by atoms with Crippen LogP contribution in [0.3, 0.4) is 0 Å². The molecule has 0 bridgehead atoms. The van der Waals surface area contributed by atoms with Crippen molar-refractivity contribution < 1.29 is 23.8 Å². The molecule has 6 rings (SSSR count). The lowest BCUT2D eigenvalue weighted by Crippen LogP contribution is -2.38. The van der Waals surface area contributed by atoms with Gasteiger partial charge in [0.25, 0.3) is 5.91 Å². The molecule has 2 aromatic carbocycles. The Bertz CT molecular complexity index is 1290. The average molecular weight is 464 g/mol. The van der Waals surface area contributed by atoms with Crippen LogP contribution in [0.15, 0.2) is 42.5 Å². The Morgan fingerprint density at radius 2 is 2.03 bits per heavy atom. The van der Waals surface area contributed by atoms with Crippen LogP contribution in [0, 0.1) is 0 Å². The van der Waals surface area contributed by atoms with Crippen molar-refractivity contribution >= 4 is 28.2 Å². The van der Waals surface area contributed by atoms with Gasteiger partial charge < -0.3 is 29.7 Å². The largest absolute Gasteiger partial charge is 0.454 e. The summed E-state index contributed by atoms with van der Waals surface area (Å²) in [5.74, 6) is 0.952. The molecule has 1 aromatic heterocycles. The predicted molar refractivity (Wildman–Crippen MR) is 122 cm³/mol. The number of ether oxygens (including phenoxy) is 3. The number of nitrogens with one attached hydrogen (secondary N) is 2. The number of amides is 1. The number of esters is 1. The van der Waals surface area contributed by atoms with E-state index in [1.165, 1.54) is 4.88 Å². The van der Waals surface area contributed by atoms with Crippen molar-refractivity contribution in [2.24, 2.45) is 0 Å². The Morgan fingerprint density at radius 1 is 1.15 bits per heavy atom. The van der Waals surface area contributed by atoms with E-state index in [9.17, 15) is 9.59 Å². The summed E-state index contributed by atoms with van der Waals surface area (Å²) in [6, 6.07) is 12.1. The normalized spacial score (nSPS) is 18.7. The lowest BCUT2D eigenvalue weighted by Gasteiger charge is -2.27. The zero-order valence-electron chi connectivity index (χ0n) is 17.8. The number of fused-ring (bicyclic) bond motifs is 4.